The second-order valence-corrected chi connectivity index (χ2v) is 7.06. The summed E-state index contributed by atoms with van der Waals surface area (Å²) in [5.74, 6) is 3.31. The molecule has 0 amide bonds. The number of rotatable bonds is 6. The van der Waals surface area contributed by atoms with Crippen molar-refractivity contribution in [3.05, 3.63) is 47.9 Å². The summed E-state index contributed by atoms with van der Waals surface area (Å²) in [4.78, 5) is 4.49. The highest BCUT2D eigenvalue weighted by Crippen LogP contribution is 2.29. The number of benzene rings is 1. The van der Waals surface area contributed by atoms with Crippen molar-refractivity contribution in [1.82, 2.24) is 9.80 Å². The Bertz CT molecular complexity index is 691. The fraction of sp³-hybridized carbons (Fsp3) is 0.353. The van der Waals surface area contributed by atoms with Crippen molar-refractivity contribution in [2.75, 3.05) is 26.8 Å². The first kappa shape index (κ1) is 17.1. The molecular weight excluding hydrogens is 344 g/mol. The van der Waals surface area contributed by atoms with Gasteiger partial charge in [0, 0.05) is 6.54 Å². The lowest BCUT2D eigenvalue weighted by molar-refractivity contribution is 0.189. The van der Waals surface area contributed by atoms with Crippen LogP contribution >= 0.6 is 24.0 Å². The van der Waals surface area contributed by atoms with Crippen LogP contribution in [0.25, 0.3) is 0 Å². The van der Waals surface area contributed by atoms with Gasteiger partial charge in [0.25, 0.3) is 0 Å². The quantitative estimate of drug-likeness (QED) is 0.726. The van der Waals surface area contributed by atoms with Gasteiger partial charge in [-0.25, -0.2) is 0 Å². The van der Waals surface area contributed by atoms with Crippen LogP contribution in [0.2, 0.25) is 0 Å². The standard InChI is InChI=1S/C17H20N2O3S2/c1-20-15-6-5-13(8-16(15)21-2)9-19-11-18(12-24-17(19)23)10-14-4-3-7-22-14/h3-8H,9-12H2,1-2H3. The Balaban J connectivity index is 1.67. The summed E-state index contributed by atoms with van der Waals surface area (Å²) >= 11 is 7.20. The maximum Gasteiger partial charge on any atom is 0.161 e. The van der Waals surface area contributed by atoms with Gasteiger partial charge < -0.3 is 18.8 Å². The normalized spacial score (nSPS) is 15.6. The minimum absolute atomic E-state index is 0.733. The lowest BCUT2D eigenvalue weighted by Crippen LogP contribution is -2.43. The summed E-state index contributed by atoms with van der Waals surface area (Å²) in [6.45, 7) is 2.30. The van der Waals surface area contributed by atoms with E-state index in [4.69, 9.17) is 26.1 Å². The molecule has 0 spiro atoms. The zero-order valence-electron chi connectivity index (χ0n) is 13.7. The summed E-state index contributed by atoms with van der Waals surface area (Å²) in [5.41, 5.74) is 1.13. The van der Waals surface area contributed by atoms with Crippen molar-refractivity contribution in [3.63, 3.8) is 0 Å². The monoisotopic (exact) mass is 364 g/mol. The molecule has 0 bridgehead atoms. The third-order valence-electron chi connectivity index (χ3n) is 3.78. The van der Waals surface area contributed by atoms with Crippen LogP contribution in [0.5, 0.6) is 11.5 Å². The predicted octanol–water partition coefficient (Wildman–Crippen LogP) is 3.55. The van der Waals surface area contributed by atoms with Crippen LogP contribution in [-0.2, 0) is 13.1 Å². The Labute approximate surface area is 151 Å². The van der Waals surface area contributed by atoms with E-state index in [0.717, 1.165) is 52.8 Å². The number of thiocarbonyl (C=S) groups is 1. The van der Waals surface area contributed by atoms with Crippen LogP contribution in [0.15, 0.2) is 41.0 Å². The molecule has 0 aliphatic carbocycles. The molecule has 3 rings (SSSR count). The van der Waals surface area contributed by atoms with E-state index in [1.54, 1.807) is 32.2 Å². The first-order chi connectivity index (χ1) is 11.7. The number of hydrogen-bond acceptors (Lipinski definition) is 6. The van der Waals surface area contributed by atoms with E-state index < -0.39 is 0 Å². The Kier molecular flexibility index (Phi) is 5.65. The summed E-state index contributed by atoms with van der Waals surface area (Å²) in [5, 5.41) is 0. The molecule has 0 atom stereocenters. The van der Waals surface area contributed by atoms with Crippen LogP contribution in [-0.4, -0.2) is 40.9 Å². The Morgan fingerprint density at radius 3 is 2.71 bits per heavy atom. The third kappa shape index (κ3) is 4.03. The number of thioether (sulfide) groups is 1. The number of furan rings is 1. The highest BCUT2D eigenvalue weighted by Gasteiger charge is 2.22. The Morgan fingerprint density at radius 1 is 1.17 bits per heavy atom. The molecule has 1 aliphatic heterocycles. The average Bonchev–Trinajstić information content (AvgIpc) is 3.10. The van der Waals surface area contributed by atoms with Crippen molar-refractivity contribution in [2.45, 2.75) is 13.1 Å². The van der Waals surface area contributed by atoms with E-state index in [2.05, 4.69) is 9.80 Å². The van der Waals surface area contributed by atoms with Gasteiger partial charge in [0.2, 0.25) is 0 Å². The molecule has 1 fully saturated rings. The second kappa shape index (κ2) is 7.92. The van der Waals surface area contributed by atoms with Gasteiger partial charge in [0.1, 0.15) is 10.1 Å². The van der Waals surface area contributed by atoms with E-state index in [-0.39, 0.29) is 0 Å². The molecule has 1 aromatic heterocycles. The van der Waals surface area contributed by atoms with Gasteiger partial charge in [0.05, 0.1) is 39.6 Å². The van der Waals surface area contributed by atoms with Gasteiger partial charge in [-0.3, -0.25) is 4.90 Å². The highest BCUT2D eigenvalue weighted by atomic mass is 32.2. The molecule has 0 unspecified atom stereocenters. The van der Waals surface area contributed by atoms with Crippen molar-refractivity contribution in [2.24, 2.45) is 0 Å². The van der Waals surface area contributed by atoms with E-state index >= 15 is 0 Å². The summed E-state index contributed by atoms with van der Waals surface area (Å²) in [7, 11) is 3.29. The van der Waals surface area contributed by atoms with Crippen molar-refractivity contribution in [3.8, 4) is 11.5 Å². The van der Waals surface area contributed by atoms with Gasteiger partial charge in [-0.15, -0.1) is 0 Å². The van der Waals surface area contributed by atoms with Crippen LogP contribution in [0.3, 0.4) is 0 Å². The van der Waals surface area contributed by atoms with Gasteiger partial charge in [-0.2, -0.15) is 0 Å². The molecular formula is C17H20N2O3S2. The summed E-state index contributed by atoms with van der Waals surface area (Å²) < 4.78 is 17.0. The zero-order valence-corrected chi connectivity index (χ0v) is 15.4. The molecule has 5 nitrogen and oxygen atoms in total. The number of methoxy groups -OCH3 is 2. The first-order valence-electron chi connectivity index (χ1n) is 7.57. The van der Waals surface area contributed by atoms with Gasteiger partial charge >= 0.3 is 0 Å². The molecule has 1 aromatic carbocycles. The fourth-order valence-electron chi connectivity index (χ4n) is 2.61. The molecule has 0 radical (unpaired) electrons. The van der Waals surface area contributed by atoms with E-state index in [0.29, 0.717) is 0 Å². The smallest absolute Gasteiger partial charge is 0.161 e. The maximum atomic E-state index is 5.52. The number of nitrogens with zero attached hydrogens (tertiary/aromatic N) is 2. The molecule has 7 heteroatoms. The van der Waals surface area contributed by atoms with Crippen LogP contribution in [0, 0.1) is 0 Å². The largest absolute Gasteiger partial charge is 0.493 e. The molecule has 1 aliphatic rings. The van der Waals surface area contributed by atoms with Crippen molar-refractivity contribution in [1.29, 1.82) is 0 Å². The molecule has 2 aromatic rings. The van der Waals surface area contributed by atoms with Gasteiger partial charge in [0.15, 0.2) is 11.5 Å². The van der Waals surface area contributed by atoms with Crippen molar-refractivity contribution >= 4 is 28.3 Å². The number of ether oxygens (including phenoxy) is 2. The minimum atomic E-state index is 0.733. The molecule has 2 heterocycles. The summed E-state index contributed by atoms with van der Waals surface area (Å²) in [6.07, 6.45) is 1.71. The molecule has 128 valence electrons. The Hall–Kier alpha value is -1.70. The fourth-order valence-corrected chi connectivity index (χ4v) is 3.66. The zero-order chi connectivity index (χ0) is 16.9. The molecule has 0 N–H and O–H groups in total. The topological polar surface area (TPSA) is 38.1 Å². The van der Waals surface area contributed by atoms with Gasteiger partial charge in [-0.05, 0) is 29.8 Å². The molecule has 0 saturated carbocycles. The SMILES string of the molecule is COc1ccc(CN2CN(Cc3ccco3)CSC2=S)cc1OC. The van der Waals surface area contributed by atoms with Crippen LogP contribution < -0.4 is 9.47 Å². The van der Waals surface area contributed by atoms with Crippen molar-refractivity contribution < 1.29 is 13.9 Å². The summed E-state index contributed by atoms with van der Waals surface area (Å²) in [6, 6.07) is 9.88. The second-order valence-electron chi connectivity index (χ2n) is 5.48. The van der Waals surface area contributed by atoms with Crippen LogP contribution in [0.1, 0.15) is 11.3 Å². The predicted molar refractivity (Wildman–Crippen MR) is 99.3 cm³/mol. The first-order valence-corrected chi connectivity index (χ1v) is 8.96. The van der Waals surface area contributed by atoms with Gasteiger partial charge in [-0.1, -0.05) is 30.0 Å². The third-order valence-corrected chi connectivity index (χ3v) is 5.39. The molecule has 24 heavy (non-hydrogen) atoms. The van der Waals surface area contributed by atoms with E-state index in [1.807, 2.05) is 30.3 Å². The highest BCUT2D eigenvalue weighted by molar-refractivity contribution is 8.22. The van der Waals surface area contributed by atoms with E-state index in [1.165, 1.54) is 0 Å². The molecule has 1 saturated heterocycles. The number of hydrogen-bond donors (Lipinski definition) is 0. The maximum absolute atomic E-state index is 5.52. The van der Waals surface area contributed by atoms with Crippen LogP contribution in [0.4, 0.5) is 0 Å². The average molecular weight is 364 g/mol. The van der Waals surface area contributed by atoms with E-state index in [9.17, 15) is 0 Å². The minimum Gasteiger partial charge on any atom is -0.493 e. The lowest BCUT2D eigenvalue weighted by Gasteiger charge is -2.36. The Morgan fingerprint density at radius 2 is 2.00 bits per heavy atom. The lowest BCUT2D eigenvalue weighted by atomic mass is 10.2.